The van der Waals surface area contributed by atoms with E-state index in [2.05, 4.69) is 5.32 Å². The van der Waals surface area contributed by atoms with Gasteiger partial charge in [-0.05, 0) is 57.5 Å². The van der Waals surface area contributed by atoms with E-state index >= 15 is 0 Å². The maximum absolute atomic E-state index is 14.6. The lowest BCUT2D eigenvalue weighted by Gasteiger charge is -2.34. The molecule has 1 atom stereocenters. The maximum Gasteiger partial charge on any atom is 0.304 e. The lowest BCUT2D eigenvalue weighted by molar-refractivity contribution is -0.140. The average Bonchev–Trinajstić information content (AvgIpc) is 2.74. The smallest absolute Gasteiger partial charge is 0.304 e. The second kappa shape index (κ2) is 11.4. The first-order valence-electron chi connectivity index (χ1n) is 10.9. The van der Waals surface area contributed by atoms with E-state index in [1.54, 1.807) is 31.2 Å². The molecular weight excluding hydrogens is 495 g/mol. The van der Waals surface area contributed by atoms with Crippen molar-refractivity contribution in [1.82, 2.24) is 14.5 Å². The molecule has 0 bridgehead atoms. The van der Waals surface area contributed by atoms with E-state index in [1.807, 2.05) is 20.8 Å². The van der Waals surface area contributed by atoms with Gasteiger partial charge in [-0.1, -0.05) is 35.9 Å². The molecule has 0 saturated heterocycles. The van der Waals surface area contributed by atoms with Gasteiger partial charge in [-0.3, -0.25) is 9.59 Å². The number of rotatable bonds is 9. The van der Waals surface area contributed by atoms with Gasteiger partial charge in [-0.2, -0.15) is 12.7 Å². The molecule has 35 heavy (non-hydrogen) atoms. The maximum atomic E-state index is 14.6. The molecule has 0 radical (unpaired) electrons. The van der Waals surface area contributed by atoms with Crippen molar-refractivity contribution in [3.8, 4) is 0 Å². The summed E-state index contributed by atoms with van der Waals surface area (Å²) in [6, 6.07) is 11.1. The fourth-order valence-corrected chi connectivity index (χ4v) is 4.52. The number of amides is 2. The first kappa shape index (κ1) is 28.5. The van der Waals surface area contributed by atoms with Crippen LogP contribution in [-0.2, 0) is 26.3 Å². The highest BCUT2D eigenvalue weighted by molar-refractivity contribution is 7.90. The van der Waals surface area contributed by atoms with Gasteiger partial charge in [0.2, 0.25) is 11.8 Å². The van der Waals surface area contributed by atoms with Crippen molar-refractivity contribution < 1.29 is 22.4 Å². The summed E-state index contributed by atoms with van der Waals surface area (Å²) in [6.45, 7) is 6.26. The highest BCUT2D eigenvalue weighted by atomic mass is 35.5. The Labute approximate surface area is 211 Å². The SMILES string of the molecule is C[C@H](C(=O)NC(C)(C)C)N(Cc1cccc(Cl)c1)C(=O)CN(c1ccccc1F)S(=O)(=O)N(C)C. The predicted octanol–water partition coefficient (Wildman–Crippen LogP) is 3.42. The van der Waals surface area contributed by atoms with Crippen LogP contribution in [0.5, 0.6) is 0 Å². The van der Waals surface area contributed by atoms with Crippen molar-refractivity contribution in [3.63, 3.8) is 0 Å². The molecule has 2 aromatic carbocycles. The predicted molar refractivity (Wildman–Crippen MR) is 136 cm³/mol. The van der Waals surface area contributed by atoms with Crippen LogP contribution in [0.4, 0.5) is 10.1 Å². The van der Waals surface area contributed by atoms with Crippen LogP contribution in [0.3, 0.4) is 0 Å². The van der Waals surface area contributed by atoms with Gasteiger partial charge in [0.05, 0.1) is 5.69 Å². The molecule has 0 aromatic heterocycles. The van der Waals surface area contributed by atoms with Gasteiger partial charge >= 0.3 is 10.2 Å². The number of hydrogen-bond donors (Lipinski definition) is 1. The van der Waals surface area contributed by atoms with Crippen molar-refractivity contribution >= 4 is 39.3 Å². The zero-order valence-corrected chi connectivity index (χ0v) is 22.3. The molecule has 2 aromatic rings. The Balaban J connectivity index is 2.49. The first-order valence-corrected chi connectivity index (χ1v) is 12.7. The minimum atomic E-state index is -4.24. The minimum absolute atomic E-state index is 0.00868. The number of anilines is 1. The van der Waals surface area contributed by atoms with Crippen LogP contribution in [0, 0.1) is 5.82 Å². The van der Waals surface area contributed by atoms with Crippen LogP contribution in [-0.4, -0.2) is 61.7 Å². The van der Waals surface area contributed by atoms with Crippen LogP contribution in [0.25, 0.3) is 0 Å². The third kappa shape index (κ3) is 7.65. The van der Waals surface area contributed by atoms with E-state index in [9.17, 15) is 22.4 Å². The second-order valence-electron chi connectivity index (χ2n) is 9.32. The summed E-state index contributed by atoms with van der Waals surface area (Å²) in [6.07, 6.45) is 0. The Bertz CT molecular complexity index is 1170. The van der Waals surface area contributed by atoms with E-state index in [4.69, 9.17) is 11.6 Å². The van der Waals surface area contributed by atoms with E-state index < -0.39 is 46.0 Å². The highest BCUT2D eigenvalue weighted by Gasteiger charge is 2.34. The van der Waals surface area contributed by atoms with Gasteiger partial charge in [-0.15, -0.1) is 0 Å². The number of carbonyl (C=O) groups is 2. The van der Waals surface area contributed by atoms with Gasteiger partial charge in [0, 0.05) is 31.2 Å². The molecule has 0 saturated carbocycles. The number of nitrogens with zero attached hydrogens (tertiary/aromatic N) is 3. The van der Waals surface area contributed by atoms with Gasteiger partial charge in [-0.25, -0.2) is 8.70 Å². The number of halogens is 2. The summed E-state index contributed by atoms with van der Waals surface area (Å²) in [5.74, 6) is -1.90. The summed E-state index contributed by atoms with van der Waals surface area (Å²) >= 11 is 6.10. The van der Waals surface area contributed by atoms with Crippen LogP contribution in [0.15, 0.2) is 48.5 Å². The molecule has 0 aliphatic rings. The molecule has 0 unspecified atom stereocenters. The molecule has 11 heteroatoms. The molecular formula is C24H32ClFN4O4S. The Morgan fingerprint density at radius 1 is 1.09 bits per heavy atom. The van der Waals surface area contributed by atoms with E-state index in [0.29, 0.717) is 14.9 Å². The second-order valence-corrected chi connectivity index (χ2v) is 11.8. The van der Waals surface area contributed by atoms with Crippen molar-refractivity contribution in [3.05, 3.63) is 64.9 Å². The number of hydrogen-bond acceptors (Lipinski definition) is 4. The minimum Gasteiger partial charge on any atom is -0.350 e. The largest absolute Gasteiger partial charge is 0.350 e. The number of para-hydroxylation sites is 1. The molecule has 8 nitrogen and oxygen atoms in total. The highest BCUT2D eigenvalue weighted by Crippen LogP contribution is 2.24. The summed E-state index contributed by atoms with van der Waals surface area (Å²) in [5.41, 5.74) is -0.179. The van der Waals surface area contributed by atoms with E-state index in [0.717, 1.165) is 10.4 Å². The third-order valence-corrected chi connectivity index (χ3v) is 7.09. The van der Waals surface area contributed by atoms with Gasteiger partial charge in [0.15, 0.2) is 0 Å². The molecule has 1 N–H and O–H groups in total. The van der Waals surface area contributed by atoms with Crippen molar-refractivity contribution in [2.75, 3.05) is 24.9 Å². The lowest BCUT2D eigenvalue weighted by atomic mass is 10.1. The van der Waals surface area contributed by atoms with Gasteiger partial charge in [0.25, 0.3) is 0 Å². The quantitative estimate of drug-likeness (QED) is 0.542. The zero-order chi connectivity index (χ0) is 26.6. The topological polar surface area (TPSA) is 90.0 Å². The Morgan fingerprint density at radius 3 is 2.26 bits per heavy atom. The zero-order valence-electron chi connectivity index (χ0n) is 20.7. The molecule has 0 aliphatic heterocycles. The molecule has 192 valence electrons. The molecule has 0 aliphatic carbocycles. The van der Waals surface area contributed by atoms with Crippen molar-refractivity contribution in [1.29, 1.82) is 0 Å². The van der Waals surface area contributed by atoms with Crippen LogP contribution in [0.2, 0.25) is 5.02 Å². The normalized spacial score (nSPS) is 12.8. The Kier molecular flexibility index (Phi) is 9.27. The molecule has 2 rings (SSSR count). The Hall–Kier alpha value is -2.69. The molecule has 0 fully saturated rings. The summed E-state index contributed by atoms with van der Waals surface area (Å²) in [7, 11) is -1.66. The molecule has 2 amide bonds. The van der Waals surface area contributed by atoms with Crippen LogP contribution in [0.1, 0.15) is 33.3 Å². The monoisotopic (exact) mass is 526 g/mol. The Morgan fingerprint density at radius 2 is 1.71 bits per heavy atom. The molecule has 0 heterocycles. The number of benzene rings is 2. The van der Waals surface area contributed by atoms with E-state index in [-0.39, 0.29) is 12.2 Å². The van der Waals surface area contributed by atoms with Gasteiger partial charge < -0.3 is 10.2 Å². The number of carbonyl (C=O) groups excluding carboxylic acids is 2. The standard InChI is InChI=1S/C24H32ClFN4O4S/c1-17(23(32)27-24(2,3)4)29(15-18-10-9-11-19(25)14-18)22(31)16-30(35(33,34)28(5)6)21-13-8-7-12-20(21)26/h7-14,17H,15-16H2,1-6H3,(H,27,32)/t17-/m1/s1. The summed E-state index contributed by atoms with van der Waals surface area (Å²) in [4.78, 5) is 27.8. The fraction of sp³-hybridized carbons (Fsp3) is 0.417. The van der Waals surface area contributed by atoms with Crippen LogP contribution < -0.4 is 9.62 Å². The fourth-order valence-electron chi connectivity index (χ4n) is 3.24. The van der Waals surface area contributed by atoms with Gasteiger partial charge in [0.1, 0.15) is 18.4 Å². The first-order chi connectivity index (χ1) is 16.1. The van der Waals surface area contributed by atoms with E-state index in [1.165, 1.54) is 37.2 Å². The lowest BCUT2D eigenvalue weighted by Crippen LogP contribution is -2.55. The summed E-state index contributed by atoms with van der Waals surface area (Å²) < 4.78 is 42.3. The van der Waals surface area contributed by atoms with Crippen molar-refractivity contribution in [2.45, 2.75) is 45.8 Å². The summed E-state index contributed by atoms with van der Waals surface area (Å²) in [5, 5.41) is 3.28. The third-order valence-electron chi connectivity index (χ3n) is 5.05. The molecule has 0 spiro atoms. The average molecular weight is 527 g/mol. The van der Waals surface area contributed by atoms with Crippen LogP contribution >= 0.6 is 11.6 Å². The number of nitrogens with one attached hydrogen (secondary N) is 1. The van der Waals surface area contributed by atoms with Crippen molar-refractivity contribution in [2.24, 2.45) is 0 Å².